The monoisotopic (exact) mass is 332 g/mol. The number of piperidine rings is 1. The van der Waals surface area contributed by atoms with Crippen molar-refractivity contribution in [1.82, 2.24) is 10.6 Å². The predicted molar refractivity (Wildman–Crippen MR) is 94.4 cm³/mol. The van der Waals surface area contributed by atoms with Gasteiger partial charge in [-0.25, -0.2) is 0 Å². The number of rotatable bonds is 9. The molecule has 0 saturated carbocycles. The lowest BCUT2D eigenvalue weighted by Gasteiger charge is -2.22. The maximum atomic E-state index is 12.1. The first kappa shape index (κ1) is 18.5. The first-order valence-electron chi connectivity index (χ1n) is 8.83. The average molecular weight is 332 g/mol. The predicted octanol–water partition coefficient (Wildman–Crippen LogP) is 2.55. The van der Waals surface area contributed by atoms with E-state index in [2.05, 4.69) is 10.6 Å². The minimum Gasteiger partial charge on any atom is -0.497 e. The molecule has 0 aliphatic carbocycles. The Bertz CT molecular complexity index is 522. The summed E-state index contributed by atoms with van der Waals surface area (Å²) in [6, 6.07) is 7.08. The van der Waals surface area contributed by atoms with E-state index < -0.39 is 0 Å². The molecule has 1 aliphatic rings. The van der Waals surface area contributed by atoms with Crippen LogP contribution in [0.15, 0.2) is 24.3 Å². The van der Waals surface area contributed by atoms with Crippen LogP contribution in [0, 0.1) is 5.92 Å². The van der Waals surface area contributed by atoms with Gasteiger partial charge in [0.15, 0.2) is 5.78 Å². The van der Waals surface area contributed by atoms with Gasteiger partial charge in [-0.3, -0.25) is 9.59 Å². The second-order valence-electron chi connectivity index (χ2n) is 6.36. The van der Waals surface area contributed by atoms with Crippen molar-refractivity contribution < 1.29 is 14.3 Å². The molecular formula is C19H28N2O3. The number of carbonyl (C=O) groups is 2. The molecule has 1 atom stereocenters. The Kier molecular flexibility index (Phi) is 7.75. The normalized spacial score (nSPS) is 17.3. The fourth-order valence-electron chi connectivity index (χ4n) is 3.01. The van der Waals surface area contributed by atoms with Gasteiger partial charge in [0, 0.05) is 24.9 Å². The van der Waals surface area contributed by atoms with E-state index in [1.165, 1.54) is 12.8 Å². The van der Waals surface area contributed by atoms with Gasteiger partial charge in [0.25, 0.3) is 0 Å². The number of Topliss-reactive ketones (excluding diaryl/α,β-unsaturated/α-hetero) is 1. The first-order chi connectivity index (χ1) is 11.7. The van der Waals surface area contributed by atoms with Crippen LogP contribution in [0.2, 0.25) is 0 Å². The van der Waals surface area contributed by atoms with E-state index in [1.807, 2.05) is 0 Å². The Morgan fingerprint density at radius 1 is 1.25 bits per heavy atom. The molecule has 0 spiro atoms. The molecule has 1 unspecified atom stereocenters. The van der Waals surface area contributed by atoms with Crippen LogP contribution in [0.5, 0.6) is 5.75 Å². The highest BCUT2D eigenvalue weighted by Crippen LogP contribution is 2.14. The molecular weight excluding hydrogens is 304 g/mol. The van der Waals surface area contributed by atoms with Gasteiger partial charge in [-0.15, -0.1) is 0 Å². The SMILES string of the molecule is COc1ccc(C(=O)CCCC(=O)NCCC2CCCNC2)cc1. The number of carbonyl (C=O) groups excluding carboxylic acids is 2. The molecule has 0 bridgehead atoms. The maximum absolute atomic E-state index is 12.1. The van der Waals surface area contributed by atoms with Crippen LogP contribution < -0.4 is 15.4 Å². The van der Waals surface area contributed by atoms with Crippen LogP contribution in [0.1, 0.15) is 48.9 Å². The Balaban J connectivity index is 1.58. The molecule has 0 aromatic heterocycles. The molecule has 2 rings (SSSR count). The average Bonchev–Trinajstić information content (AvgIpc) is 2.62. The zero-order valence-corrected chi connectivity index (χ0v) is 14.5. The van der Waals surface area contributed by atoms with Gasteiger partial charge < -0.3 is 15.4 Å². The van der Waals surface area contributed by atoms with Crippen LogP contribution in [0.3, 0.4) is 0 Å². The van der Waals surface area contributed by atoms with E-state index in [9.17, 15) is 9.59 Å². The number of methoxy groups -OCH3 is 1. The standard InChI is InChI=1S/C19H28N2O3/c1-24-17-9-7-16(8-10-17)18(22)5-2-6-19(23)21-13-11-15-4-3-12-20-14-15/h7-10,15,20H,2-6,11-14H2,1H3,(H,21,23). The molecule has 2 N–H and O–H groups in total. The third-order valence-corrected chi connectivity index (χ3v) is 4.49. The minimum absolute atomic E-state index is 0.0429. The third kappa shape index (κ3) is 6.32. The Morgan fingerprint density at radius 2 is 2.04 bits per heavy atom. The summed E-state index contributed by atoms with van der Waals surface area (Å²) in [4.78, 5) is 23.9. The van der Waals surface area contributed by atoms with Gasteiger partial charge in [0.1, 0.15) is 5.75 Å². The summed E-state index contributed by atoms with van der Waals surface area (Å²) < 4.78 is 5.07. The maximum Gasteiger partial charge on any atom is 0.220 e. The fraction of sp³-hybridized carbons (Fsp3) is 0.579. The lowest BCUT2D eigenvalue weighted by molar-refractivity contribution is -0.121. The molecule has 5 heteroatoms. The van der Waals surface area contributed by atoms with E-state index in [-0.39, 0.29) is 11.7 Å². The summed E-state index contributed by atoms with van der Waals surface area (Å²) in [5.74, 6) is 1.52. The van der Waals surface area contributed by atoms with E-state index >= 15 is 0 Å². The second kappa shape index (κ2) is 10.1. The molecule has 1 amide bonds. The van der Waals surface area contributed by atoms with Crippen molar-refractivity contribution >= 4 is 11.7 Å². The van der Waals surface area contributed by atoms with Crippen molar-refractivity contribution in [2.45, 2.75) is 38.5 Å². The topological polar surface area (TPSA) is 67.4 Å². The van der Waals surface area contributed by atoms with E-state index in [4.69, 9.17) is 4.74 Å². The van der Waals surface area contributed by atoms with E-state index in [0.717, 1.165) is 31.8 Å². The molecule has 1 aromatic carbocycles. The smallest absolute Gasteiger partial charge is 0.220 e. The number of hydrogen-bond donors (Lipinski definition) is 2. The van der Waals surface area contributed by atoms with Gasteiger partial charge in [0.2, 0.25) is 5.91 Å². The highest BCUT2D eigenvalue weighted by Gasteiger charge is 2.13. The second-order valence-corrected chi connectivity index (χ2v) is 6.36. The zero-order valence-electron chi connectivity index (χ0n) is 14.5. The summed E-state index contributed by atoms with van der Waals surface area (Å²) in [5, 5.41) is 6.35. The number of amides is 1. The Morgan fingerprint density at radius 3 is 2.71 bits per heavy atom. The van der Waals surface area contributed by atoms with Crippen LogP contribution in [0.25, 0.3) is 0 Å². The van der Waals surface area contributed by atoms with Gasteiger partial charge in [-0.2, -0.15) is 0 Å². The number of ether oxygens (including phenoxy) is 1. The van der Waals surface area contributed by atoms with Crippen molar-refractivity contribution in [2.75, 3.05) is 26.7 Å². The summed E-state index contributed by atoms with van der Waals surface area (Å²) in [6.07, 6.45) is 4.90. The largest absolute Gasteiger partial charge is 0.497 e. The van der Waals surface area contributed by atoms with E-state index in [1.54, 1.807) is 31.4 Å². The van der Waals surface area contributed by atoms with Crippen LogP contribution in [0.4, 0.5) is 0 Å². The van der Waals surface area contributed by atoms with Crippen LogP contribution in [-0.4, -0.2) is 38.4 Å². The molecule has 0 radical (unpaired) electrons. The number of ketones is 1. The first-order valence-corrected chi connectivity index (χ1v) is 8.83. The summed E-state index contributed by atoms with van der Waals surface area (Å²) in [6.45, 7) is 2.91. The highest BCUT2D eigenvalue weighted by atomic mass is 16.5. The molecule has 1 aliphatic heterocycles. The third-order valence-electron chi connectivity index (χ3n) is 4.49. The van der Waals surface area contributed by atoms with Gasteiger partial charge >= 0.3 is 0 Å². The van der Waals surface area contributed by atoms with Gasteiger partial charge in [0.05, 0.1) is 7.11 Å². The zero-order chi connectivity index (χ0) is 17.2. The lowest BCUT2D eigenvalue weighted by Crippen LogP contribution is -2.33. The summed E-state index contributed by atoms with van der Waals surface area (Å²) in [7, 11) is 1.60. The van der Waals surface area contributed by atoms with Gasteiger partial charge in [-0.05, 0) is 69.0 Å². The number of hydrogen-bond acceptors (Lipinski definition) is 4. The quantitative estimate of drug-likeness (QED) is 0.682. The molecule has 1 saturated heterocycles. The van der Waals surface area contributed by atoms with Gasteiger partial charge in [-0.1, -0.05) is 0 Å². The number of benzene rings is 1. The summed E-state index contributed by atoms with van der Waals surface area (Å²) >= 11 is 0. The van der Waals surface area contributed by atoms with Crippen molar-refractivity contribution in [3.05, 3.63) is 29.8 Å². The van der Waals surface area contributed by atoms with Crippen LogP contribution >= 0.6 is 0 Å². The Labute approximate surface area is 144 Å². The Hall–Kier alpha value is -1.88. The van der Waals surface area contributed by atoms with Crippen molar-refractivity contribution in [3.8, 4) is 5.75 Å². The molecule has 1 aromatic rings. The van der Waals surface area contributed by atoms with E-state index in [0.29, 0.717) is 30.7 Å². The highest BCUT2D eigenvalue weighted by molar-refractivity contribution is 5.96. The molecule has 132 valence electrons. The molecule has 1 fully saturated rings. The van der Waals surface area contributed by atoms with Crippen molar-refractivity contribution in [3.63, 3.8) is 0 Å². The molecule has 1 heterocycles. The molecule has 24 heavy (non-hydrogen) atoms. The fourth-order valence-corrected chi connectivity index (χ4v) is 3.01. The summed E-state index contributed by atoms with van der Waals surface area (Å²) in [5.41, 5.74) is 0.668. The molecule has 5 nitrogen and oxygen atoms in total. The minimum atomic E-state index is 0.0429. The lowest BCUT2D eigenvalue weighted by atomic mass is 9.96. The van der Waals surface area contributed by atoms with Crippen molar-refractivity contribution in [2.24, 2.45) is 5.92 Å². The van der Waals surface area contributed by atoms with Crippen molar-refractivity contribution in [1.29, 1.82) is 0 Å². The van der Waals surface area contributed by atoms with Crippen LogP contribution in [-0.2, 0) is 4.79 Å². The number of nitrogens with one attached hydrogen (secondary N) is 2.